The Morgan fingerprint density at radius 1 is 1.32 bits per heavy atom. The fourth-order valence-electron chi connectivity index (χ4n) is 6.13. The second-order valence-electron chi connectivity index (χ2n) is 9.40. The normalized spacial score (nSPS) is 23.9. The van der Waals surface area contributed by atoms with Gasteiger partial charge in [-0.15, -0.1) is 0 Å². The second-order valence-corrected chi connectivity index (χ2v) is 9.40. The summed E-state index contributed by atoms with van der Waals surface area (Å²) in [4.78, 5) is 17.2. The van der Waals surface area contributed by atoms with Crippen molar-refractivity contribution in [2.24, 2.45) is 5.73 Å². The van der Waals surface area contributed by atoms with E-state index in [0.29, 0.717) is 47.7 Å². The number of nitrogens with zero attached hydrogens (tertiary/aromatic N) is 1. The summed E-state index contributed by atoms with van der Waals surface area (Å²) >= 11 is 0. The number of aliphatic hydroxyl groups is 1. The summed E-state index contributed by atoms with van der Waals surface area (Å²) in [6.07, 6.45) is -1.18. The molecule has 2 aliphatic rings. The summed E-state index contributed by atoms with van der Waals surface area (Å²) in [7, 11) is 0. The highest BCUT2D eigenvalue weighted by Crippen LogP contribution is 2.52. The molecule has 4 N–H and O–H groups in total. The van der Waals surface area contributed by atoms with Crippen LogP contribution >= 0.6 is 0 Å². The molecule has 3 atom stereocenters. The van der Waals surface area contributed by atoms with Crippen LogP contribution in [0, 0.1) is 5.82 Å². The Balaban J connectivity index is 1.68. The van der Waals surface area contributed by atoms with Crippen LogP contribution in [0.25, 0.3) is 21.8 Å². The summed E-state index contributed by atoms with van der Waals surface area (Å²) in [5, 5.41) is 10.9. The number of fused-ring (bicyclic) bond motifs is 3. The van der Waals surface area contributed by atoms with E-state index < -0.39 is 23.8 Å². The zero-order valence-electron chi connectivity index (χ0n) is 18.4. The number of hydrogen-bond acceptors (Lipinski definition) is 3. The van der Waals surface area contributed by atoms with E-state index in [1.807, 2.05) is 4.90 Å². The van der Waals surface area contributed by atoms with Gasteiger partial charge in [0.2, 0.25) is 5.91 Å². The molecule has 180 valence electrons. The highest BCUT2D eigenvalue weighted by atomic mass is 19.4. The predicted octanol–water partition coefficient (Wildman–Crippen LogP) is 5.24. The third-order valence-corrected chi connectivity index (χ3v) is 7.57. The SMILES string of the molecule is C=CC(=O)N1CCCC12CCC(c1c(F)cc(C(N)O)c3[nH]c4cc(C(F)(F)F)ccc4c13)C2. The topological polar surface area (TPSA) is 82.3 Å². The minimum Gasteiger partial charge on any atom is -0.374 e. The Labute approximate surface area is 193 Å². The van der Waals surface area contributed by atoms with E-state index in [4.69, 9.17) is 5.73 Å². The Kier molecular flexibility index (Phi) is 5.25. The fourth-order valence-corrected chi connectivity index (χ4v) is 6.13. The standard InChI is InChI=1S/C25H25F4N3O2/c1-2-19(33)32-9-3-7-24(32)8-6-13(12-24)20-17(26)11-16(23(30)34)22-21(20)15-5-4-14(25(27,28)29)10-18(15)31-22/h2,4-5,10-11,13,23,31,34H,1,3,6-9,12,30H2. The Morgan fingerprint density at radius 2 is 2.09 bits per heavy atom. The Hall–Kier alpha value is -2.91. The first kappa shape index (κ1) is 22.9. The molecule has 1 aliphatic carbocycles. The monoisotopic (exact) mass is 475 g/mol. The lowest BCUT2D eigenvalue weighted by Gasteiger charge is -2.35. The van der Waals surface area contributed by atoms with E-state index in [0.717, 1.165) is 31.0 Å². The second kappa shape index (κ2) is 7.81. The third-order valence-electron chi connectivity index (χ3n) is 7.57. The zero-order chi connectivity index (χ0) is 24.4. The van der Waals surface area contributed by atoms with Crippen LogP contribution in [-0.2, 0) is 11.0 Å². The maximum atomic E-state index is 15.6. The molecule has 1 aromatic heterocycles. The number of aliphatic hydroxyl groups excluding tert-OH is 1. The number of benzene rings is 2. The first-order valence-electron chi connectivity index (χ1n) is 11.3. The van der Waals surface area contributed by atoms with E-state index in [2.05, 4.69) is 11.6 Å². The molecule has 34 heavy (non-hydrogen) atoms. The summed E-state index contributed by atoms with van der Waals surface area (Å²) < 4.78 is 55.5. The van der Waals surface area contributed by atoms with E-state index in [-0.39, 0.29) is 28.4 Å². The molecule has 1 aliphatic heterocycles. The van der Waals surface area contributed by atoms with Crippen molar-refractivity contribution in [2.45, 2.75) is 56.0 Å². The van der Waals surface area contributed by atoms with Crippen molar-refractivity contribution in [3.63, 3.8) is 0 Å². The molecule has 1 spiro atoms. The van der Waals surface area contributed by atoms with Gasteiger partial charge in [-0.3, -0.25) is 4.79 Å². The van der Waals surface area contributed by atoms with E-state index in [1.54, 1.807) is 0 Å². The molecular weight excluding hydrogens is 450 g/mol. The van der Waals surface area contributed by atoms with Gasteiger partial charge in [0.1, 0.15) is 12.0 Å². The molecular formula is C25H25F4N3O2. The number of carbonyl (C=O) groups excluding carboxylic acids is 1. The molecule has 5 rings (SSSR count). The lowest BCUT2D eigenvalue weighted by Crippen LogP contribution is -2.44. The van der Waals surface area contributed by atoms with Crippen LogP contribution in [0.1, 0.15) is 60.9 Å². The number of alkyl halides is 3. The molecule has 3 unspecified atom stereocenters. The van der Waals surface area contributed by atoms with E-state index in [9.17, 15) is 23.1 Å². The van der Waals surface area contributed by atoms with Gasteiger partial charge in [0.05, 0.1) is 11.1 Å². The molecule has 0 bridgehead atoms. The Bertz CT molecular complexity index is 1310. The number of aromatic nitrogens is 1. The molecule has 0 radical (unpaired) electrons. The van der Waals surface area contributed by atoms with Crippen LogP contribution in [0.2, 0.25) is 0 Å². The van der Waals surface area contributed by atoms with E-state index in [1.165, 1.54) is 12.1 Å². The quantitative estimate of drug-likeness (QED) is 0.275. The highest BCUT2D eigenvalue weighted by Gasteiger charge is 2.49. The summed E-state index contributed by atoms with van der Waals surface area (Å²) in [6, 6.07) is 4.46. The number of halogens is 4. The maximum Gasteiger partial charge on any atom is 0.416 e. The van der Waals surface area contributed by atoms with Crippen LogP contribution in [-0.4, -0.2) is 33.0 Å². The van der Waals surface area contributed by atoms with Crippen LogP contribution in [0.5, 0.6) is 0 Å². The van der Waals surface area contributed by atoms with Crippen LogP contribution in [0.15, 0.2) is 36.9 Å². The molecule has 2 heterocycles. The van der Waals surface area contributed by atoms with Gasteiger partial charge in [-0.2, -0.15) is 13.2 Å². The van der Waals surface area contributed by atoms with Crippen LogP contribution in [0.4, 0.5) is 17.6 Å². The average Bonchev–Trinajstić information content (AvgIpc) is 3.49. The maximum absolute atomic E-state index is 15.6. The lowest BCUT2D eigenvalue weighted by molar-refractivity contribution is -0.137. The van der Waals surface area contributed by atoms with Crippen LogP contribution < -0.4 is 5.73 Å². The van der Waals surface area contributed by atoms with Gasteiger partial charge >= 0.3 is 6.18 Å². The number of nitrogens with one attached hydrogen (secondary N) is 1. The molecule has 9 heteroatoms. The number of carbonyl (C=O) groups is 1. The smallest absolute Gasteiger partial charge is 0.374 e. The van der Waals surface area contributed by atoms with Gasteiger partial charge < -0.3 is 20.7 Å². The molecule has 2 aromatic carbocycles. The summed E-state index contributed by atoms with van der Waals surface area (Å²) in [6.45, 7) is 4.22. The van der Waals surface area contributed by atoms with Crippen molar-refractivity contribution < 1.29 is 27.5 Å². The minimum atomic E-state index is -4.53. The number of aromatic amines is 1. The van der Waals surface area contributed by atoms with E-state index >= 15 is 4.39 Å². The van der Waals surface area contributed by atoms with Crippen molar-refractivity contribution in [3.05, 3.63) is 59.4 Å². The molecule has 1 saturated heterocycles. The number of amides is 1. The van der Waals surface area contributed by atoms with Gasteiger partial charge in [-0.25, -0.2) is 4.39 Å². The van der Waals surface area contributed by atoms with Gasteiger partial charge in [0.25, 0.3) is 0 Å². The van der Waals surface area contributed by atoms with Crippen LogP contribution in [0.3, 0.4) is 0 Å². The lowest BCUT2D eigenvalue weighted by atomic mass is 9.87. The number of nitrogens with two attached hydrogens (primary N) is 1. The number of hydrogen-bond donors (Lipinski definition) is 3. The molecule has 1 saturated carbocycles. The number of rotatable bonds is 3. The third kappa shape index (κ3) is 3.41. The van der Waals surface area contributed by atoms with Crippen molar-refractivity contribution in [1.29, 1.82) is 0 Å². The van der Waals surface area contributed by atoms with Crippen molar-refractivity contribution in [1.82, 2.24) is 9.88 Å². The van der Waals surface area contributed by atoms with Gasteiger partial charge in [-0.1, -0.05) is 12.6 Å². The Morgan fingerprint density at radius 3 is 2.76 bits per heavy atom. The molecule has 5 nitrogen and oxygen atoms in total. The molecule has 1 amide bonds. The minimum absolute atomic E-state index is 0.0815. The largest absolute Gasteiger partial charge is 0.416 e. The molecule has 2 fully saturated rings. The first-order chi connectivity index (χ1) is 16.1. The summed E-state index contributed by atoms with van der Waals surface area (Å²) in [5.74, 6) is -0.947. The first-order valence-corrected chi connectivity index (χ1v) is 11.3. The van der Waals surface area contributed by atoms with Crippen molar-refractivity contribution in [3.8, 4) is 0 Å². The predicted molar refractivity (Wildman–Crippen MR) is 120 cm³/mol. The summed E-state index contributed by atoms with van der Waals surface area (Å²) in [5.41, 5.74) is 5.45. The van der Waals surface area contributed by atoms with Gasteiger partial charge in [-0.05, 0) is 62.3 Å². The highest BCUT2D eigenvalue weighted by molar-refractivity contribution is 6.10. The van der Waals surface area contributed by atoms with Gasteiger partial charge in [0.15, 0.2) is 0 Å². The zero-order valence-corrected chi connectivity index (χ0v) is 18.4. The van der Waals surface area contributed by atoms with Crippen molar-refractivity contribution >= 4 is 27.7 Å². The molecule has 3 aromatic rings. The number of likely N-dealkylation sites (tertiary alicyclic amines) is 1. The number of H-pyrrole nitrogens is 1. The van der Waals surface area contributed by atoms with Crippen molar-refractivity contribution in [2.75, 3.05) is 6.54 Å². The average molecular weight is 475 g/mol. The fraction of sp³-hybridized carbons (Fsp3) is 0.400. The van der Waals surface area contributed by atoms with Gasteiger partial charge in [0, 0.05) is 39.5 Å².